The van der Waals surface area contributed by atoms with E-state index in [-0.39, 0.29) is 18.6 Å². The van der Waals surface area contributed by atoms with Crippen LogP contribution >= 0.6 is 0 Å². The molecule has 0 aliphatic heterocycles. The summed E-state index contributed by atoms with van der Waals surface area (Å²) in [7, 11) is 1.81. The Labute approximate surface area is 198 Å². The van der Waals surface area contributed by atoms with Gasteiger partial charge in [-0.3, -0.25) is 4.79 Å². The van der Waals surface area contributed by atoms with E-state index >= 15 is 0 Å². The van der Waals surface area contributed by atoms with Crippen molar-refractivity contribution in [3.63, 3.8) is 0 Å². The number of aromatic nitrogens is 6. The minimum absolute atomic E-state index is 0.118. The monoisotopic (exact) mass is 466 g/mol. The number of pyridine rings is 1. The molecule has 0 aromatic carbocycles. The fourth-order valence-electron chi connectivity index (χ4n) is 4.19. The van der Waals surface area contributed by atoms with Crippen molar-refractivity contribution in [3.05, 3.63) is 41.6 Å². The third-order valence-electron chi connectivity index (χ3n) is 6.05. The first kappa shape index (κ1) is 23.6. The molecule has 0 radical (unpaired) electrons. The molecule has 4 rings (SSSR count). The van der Waals surface area contributed by atoms with Gasteiger partial charge < -0.3 is 14.6 Å². The molecule has 3 aromatic rings. The second-order valence-electron chi connectivity index (χ2n) is 8.62. The fourth-order valence-corrected chi connectivity index (χ4v) is 4.19. The Morgan fingerprint density at radius 3 is 2.88 bits per heavy atom. The molecule has 1 N–H and O–H groups in total. The molecule has 0 bridgehead atoms. The summed E-state index contributed by atoms with van der Waals surface area (Å²) in [6.07, 6.45) is 6.18. The molecule has 1 saturated carbocycles. The molecule has 10 heteroatoms. The predicted molar refractivity (Wildman–Crippen MR) is 123 cm³/mol. The van der Waals surface area contributed by atoms with Crippen LogP contribution in [0.2, 0.25) is 0 Å². The zero-order chi connectivity index (χ0) is 24.1. The normalized spacial score (nSPS) is 18.0. The van der Waals surface area contributed by atoms with Gasteiger partial charge in [-0.1, -0.05) is 18.6 Å². The van der Waals surface area contributed by atoms with Crippen LogP contribution in [0.3, 0.4) is 0 Å². The van der Waals surface area contributed by atoms with Crippen LogP contribution in [0.4, 0.5) is 0 Å². The van der Waals surface area contributed by atoms with Gasteiger partial charge in [-0.05, 0) is 51.2 Å². The first-order chi connectivity index (χ1) is 16.4. The topological polar surface area (TPSA) is 125 Å². The van der Waals surface area contributed by atoms with Gasteiger partial charge in [-0.2, -0.15) is 0 Å². The number of carboxylic acid groups (broad SMARTS) is 1. The molecule has 3 aromatic heterocycles. The molecule has 10 nitrogen and oxygen atoms in total. The first-order valence-corrected chi connectivity index (χ1v) is 11.6. The SMILES string of the molecule is CCCc1cc(OCc2c(-c3ccc(O[C@H]4CCC[C@H](C(=O)O)C4)c(C)n3)nnn2C)ncn1. The van der Waals surface area contributed by atoms with E-state index in [0.29, 0.717) is 41.6 Å². The van der Waals surface area contributed by atoms with Crippen molar-refractivity contribution in [2.75, 3.05) is 0 Å². The van der Waals surface area contributed by atoms with Crippen molar-refractivity contribution in [2.45, 2.75) is 65.1 Å². The number of hydrogen-bond donors (Lipinski definition) is 1. The molecule has 2 atom stereocenters. The maximum absolute atomic E-state index is 11.3. The number of carboxylic acids is 1. The van der Waals surface area contributed by atoms with Crippen molar-refractivity contribution in [3.8, 4) is 23.0 Å². The largest absolute Gasteiger partial charge is 0.489 e. The number of aliphatic carboxylic acids is 1. The molecule has 1 aliphatic rings. The smallest absolute Gasteiger partial charge is 0.306 e. The van der Waals surface area contributed by atoms with Gasteiger partial charge in [-0.25, -0.2) is 19.6 Å². The third-order valence-corrected chi connectivity index (χ3v) is 6.05. The lowest BCUT2D eigenvalue weighted by molar-refractivity contribution is -0.143. The zero-order valence-electron chi connectivity index (χ0n) is 19.8. The Kier molecular flexibility index (Phi) is 7.34. The molecule has 1 aliphatic carbocycles. The maximum Gasteiger partial charge on any atom is 0.306 e. The molecule has 34 heavy (non-hydrogen) atoms. The average molecular weight is 467 g/mol. The molecular weight excluding hydrogens is 436 g/mol. The summed E-state index contributed by atoms with van der Waals surface area (Å²) in [6.45, 7) is 4.21. The van der Waals surface area contributed by atoms with E-state index in [1.54, 1.807) is 4.68 Å². The lowest BCUT2D eigenvalue weighted by atomic mass is 9.87. The van der Waals surface area contributed by atoms with Crippen LogP contribution in [0, 0.1) is 12.8 Å². The van der Waals surface area contributed by atoms with Crippen molar-refractivity contribution in [1.29, 1.82) is 0 Å². The number of rotatable bonds is 9. The zero-order valence-corrected chi connectivity index (χ0v) is 19.8. The highest BCUT2D eigenvalue weighted by atomic mass is 16.5. The van der Waals surface area contributed by atoms with Crippen LogP contribution in [0.5, 0.6) is 11.6 Å². The van der Waals surface area contributed by atoms with Gasteiger partial charge in [0.15, 0.2) is 0 Å². The second kappa shape index (κ2) is 10.6. The number of aryl methyl sites for hydroxylation is 3. The lowest BCUT2D eigenvalue weighted by Crippen LogP contribution is -2.29. The van der Waals surface area contributed by atoms with Crippen molar-refractivity contribution in [2.24, 2.45) is 13.0 Å². The lowest BCUT2D eigenvalue weighted by Gasteiger charge is -2.27. The number of ether oxygens (including phenoxy) is 2. The van der Waals surface area contributed by atoms with E-state index in [0.717, 1.165) is 37.1 Å². The highest BCUT2D eigenvalue weighted by Gasteiger charge is 2.28. The summed E-state index contributed by atoms with van der Waals surface area (Å²) in [5.41, 5.74) is 3.72. The van der Waals surface area contributed by atoms with Gasteiger partial charge in [-0.15, -0.1) is 5.10 Å². The molecule has 0 saturated heterocycles. The summed E-state index contributed by atoms with van der Waals surface area (Å²) < 4.78 is 13.7. The van der Waals surface area contributed by atoms with E-state index in [1.807, 2.05) is 32.2 Å². The number of carbonyl (C=O) groups is 1. The standard InChI is InChI=1S/C24H30N6O4/c1-4-6-17-12-22(26-14-25-17)33-13-20-23(28-29-30(20)3)19-9-10-21(15(2)27-19)34-18-8-5-7-16(11-18)24(31)32/h9-10,12,14,16,18H,4-8,11,13H2,1-3H3,(H,31,32)/t16-,18-/m0/s1. The van der Waals surface area contributed by atoms with Crippen molar-refractivity contribution < 1.29 is 19.4 Å². The van der Waals surface area contributed by atoms with E-state index in [1.165, 1.54) is 6.33 Å². The fraction of sp³-hybridized carbons (Fsp3) is 0.500. The third kappa shape index (κ3) is 5.49. The van der Waals surface area contributed by atoms with E-state index in [2.05, 4.69) is 27.2 Å². The highest BCUT2D eigenvalue weighted by molar-refractivity contribution is 5.70. The predicted octanol–water partition coefficient (Wildman–Crippen LogP) is 3.53. The van der Waals surface area contributed by atoms with Crippen LogP contribution in [-0.4, -0.2) is 47.1 Å². The van der Waals surface area contributed by atoms with Crippen LogP contribution in [-0.2, 0) is 24.9 Å². The summed E-state index contributed by atoms with van der Waals surface area (Å²) in [5.74, 6) is 0.0670. The quantitative estimate of drug-likeness (QED) is 0.504. The Morgan fingerprint density at radius 1 is 1.26 bits per heavy atom. The molecule has 3 heterocycles. The number of hydrogen-bond acceptors (Lipinski definition) is 8. The van der Waals surface area contributed by atoms with Gasteiger partial charge in [0.05, 0.1) is 23.4 Å². The van der Waals surface area contributed by atoms with E-state index in [4.69, 9.17) is 14.5 Å². The van der Waals surface area contributed by atoms with Crippen molar-refractivity contribution >= 4 is 5.97 Å². The van der Waals surface area contributed by atoms with Crippen LogP contribution in [0.1, 0.15) is 56.1 Å². The van der Waals surface area contributed by atoms with Gasteiger partial charge in [0.2, 0.25) is 5.88 Å². The van der Waals surface area contributed by atoms with Crippen LogP contribution < -0.4 is 9.47 Å². The van der Waals surface area contributed by atoms with Gasteiger partial charge in [0.1, 0.15) is 30.1 Å². The summed E-state index contributed by atoms with van der Waals surface area (Å²) >= 11 is 0. The van der Waals surface area contributed by atoms with Gasteiger partial charge in [0, 0.05) is 18.8 Å². The van der Waals surface area contributed by atoms with Crippen molar-refractivity contribution in [1.82, 2.24) is 29.9 Å². The van der Waals surface area contributed by atoms with E-state index in [9.17, 15) is 9.90 Å². The maximum atomic E-state index is 11.3. The minimum atomic E-state index is -0.751. The number of nitrogens with zero attached hydrogens (tertiary/aromatic N) is 6. The van der Waals surface area contributed by atoms with Gasteiger partial charge in [0.25, 0.3) is 0 Å². The minimum Gasteiger partial charge on any atom is -0.489 e. The summed E-state index contributed by atoms with van der Waals surface area (Å²) in [6, 6.07) is 5.56. The Morgan fingerprint density at radius 2 is 2.12 bits per heavy atom. The first-order valence-electron chi connectivity index (χ1n) is 11.6. The van der Waals surface area contributed by atoms with Gasteiger partial charge >= 0.3 is 5.97 Å². The Balaban J connectivity index is 1.47. The molecule has 0 amide bonds. The highest BCUT2D eigenvalue weighted by Crippen LogP contribution is 2.30. The summed E-state index contributed by atoms with van der Waals surface area (Å²) in [5, 5.41) is 17.8. The van der Waals surface area contributed by atoms with Crippen LogP contribution in [0.25, 0.3) is 11.4 Å². The Bertz CT molecular complexity index is 1150. The molecule has 0 spiro atoms. The average Bonchev–Trinajstić information content (AvgIpc) is 3.20. The van der Waals surface area contributed by atoms with Crippen LogP contribution in [0.15, 0.2) is 24.5 Å². The molecule has 180 valence electrons. The summed E-state index contributed by atoms with van der Waals surface area (Å²) in [4.78, 5) is 24.5. The molecule has 1 fully saturated rings. The second-order valence-corrected chi connectivity index (χ2v) is 8.62. The molecular formula is C24H30N6O4. The Hall–Kier alpha value is -3.56. The molecule has 0 unspecified atom stereocenters. The van der Waals surface area contributed by atoms with E-state index < -0.39 is 5.97 Å².